The van der Waals surface area contributed by atoms with Crippen molar-refractivity contribution in [2.75, 3.05) is 13.7 Å². The Bertz CT molecular complexity index is 554. The van der Waals surface area contributed by atoms with E-state index in [0.717, 1.165) is 16.3 Å². The summed E-state index contributed by atoms with van der Waals surface area (Å²) in [6.45, 7) is 0.500. The SMILES string of the molecule is COCCC(N)C(=O)Cc1nc(-c2ccccc2)cs1. The van der Waals surface area contributed by atoms with Crippen molar-refractivity contribution in [3.63, 3.8) is 0 Å². The highest BCUT2D eigenvalue weighted by Crippen LogP contribution is 2.22. The first-order valence-corrected chi connectivity index (χ1v) is 7.35. The number of nitrogens with two attached hydrogens (primary N) is 1. The number of aromatic nitrogens is 1. The second-order valence-corrected chi connectivity index (χ2v) is 5.47. The monoisotopic (exact) mass is 290 g/mol. The third kappa shape index (κ3) is 3.96. The van der Waals surface area contributed by atoms with E-state index in [1.54, 1.807) is 7.11 Å². The number of ether oxygens (including phenoxy) is 1. The number of thiazole rings is 1. The fourth-order valence-corrected chi connectivity index (χ4v) is 2.63. The molecule has 0 bridgehead atoms. The zero-order valence-corrected chi connectivity index (χ0v) is 12.2. The summed E-state index contributed by atoms with van der Waals surface area (Å²) in [6.07, 6.45) is 0.842. The van der Waals surface area contributed by atoms with E-state index in [0.29, 0.717) is 19.4 Å². The standard InChI is InChI=1S/C15H18N2O2S/c1-19-8-7-12(16)14(18)9-15-17-13(10-20-15)11-5-3-2-4-6-11/h2-6,10,12H,7-9,16H2,1H3. The van der Waals surface area contributed by atoms with Crippen LogP contribution in [-0.2, 0) is 16.0 Å². The summed E-state index contributed by atoms with van der Waals surface area (Å²) in [7, 11) is 1.60. The number of Topliss-reactive ketones (excluding diaryl/α,β-unsaturated/α-hetero) is 1. The van der Waals surface area contributed by atoms with E-state index >= 15 is 0 Å². The highest BCUT2D eigenvalue weighted by molar-refractivity contribution is 7.10. The van der Waals surface area contributed by atoms with Gasteiger partial charge >= 0.3 is 0 Å². The fourth-order valence-electron chi connectivity index (χ4n) is 1.82. The van der Waals surface area contributed by atoms with E-state index in [2.05, 4.69) is 4.98 Å². The Morgan fingerprint density at radius 1 is 1.40 bits per heavy atom. The molecule has 20 heavy (non-hydrogen) atoms. The Balaban J connectivity index is 1.98. The molecule has 0 radical (unpaired) electrons. The molecule has 1 aromatic heterocycles. The van der Waals surface area contributed by atoms with Gasteiger partial charge in [0.05, 0.1) is 18.2 Å². The first-order valence-electron chi connectivity index (χ1n) is 6.47. The normalized spacial score (nSPS) is 12.3. The van der Waals surface area contributed by atoms with Gasteiger partial charge in [0.25, 0.3) is 0 Å². The van der Waals surface area contributed by atoms with Crippen molar-refractivity contribution >= 4 is 17.1 Å². The summed E-state index contributed by atoms with van der Waals surface area (Å²) in [5.74, 6) is 0.0102. The van der Waals surface area contributed by atoms with Gasteiger partial charge in [-0.15, -0.1) is 11.3 Å². The van der Waals surface area contributed by atoms with Crippen LogP contribution in [0, 0.1) is 0 Å². The highest BCUT2D eigenvalue weighted by atomic mass is 32.1. The first kappa shape index (κ1) is 14.8. The lowest BCUT2D eigenvalue weighted by Gasteiger charge is -2.08. The van der Waals surface area contributed by atoms with E-state index in [9.17, 15) is 4.79 Å². The lowest BCUT2D eigenvalue weighted by atomic mass is 10.1. The number of ketones is 1. The number of hydrogen-bond acceptors (Lipinski definition) is 5. The van der Waals surface area contributed by atoms with Gasteiger partial charge in [0.2, 0.25) is 0 Å². The van der Waals surface area contributed by atoms with E-state index in [-0.39, 0.29) is 5.78 Å². The van der Waals surface area contributed by atoms with Crippen LogP contribution in [0.1, 0.15) is 11.4 Å². The second-order valence-electron chi connectivity index (χ2n) is 4.52. The van der Waals surface area contributed by atoms with Crippen molar-refractivity contribution in [1.82, 2.24) is 4.98 Å². The summed E-state index contributed by atoms with van der Waals surface area (Å²) in [6, 6.07) is 9.45. The van der Waals surface area contributed by atoms with E-state index in [1.165, 1.54) is 11.3 Å². The molecule has 0 aliphatic carbocycles. The van der Waals surface area contributed by atoms with Crippen LogP contribution < -0.4 is 5.73 Å². The minimum atomic E-state index is -0.473. The van der Waals surface area contributed by atoms with Crippen LogP contribution >= 0.6 is 11.3 Å². The smallest absolute Gasteiger partial charge is 0.156 e. The van der Waals surface area contributed by atoms with Gasteiger partial charge in [-0.3, -0.25) is 4.79 Å². The molecule has 0 saturated carbocycles. The number of benzene rings is 1. The molecule has 4 nitrogen and oxygen atoms in total. The number of nitrogens with zero attached hydrogens (tertiary/aromatic N) is 1. The molecule has 1 aromatic carbocycles. The van der Waals surface area contributed by atoms with Crippen LogP contribution in [-0.4, -0.2) is 30.5 Å². The Labute approximate surface area is 122 Å². The molecule has 0 aliphatic rings. The molecular weight excluding hydrogens is 272 g/mol. The number of hydrogen-bond donors (Lipinski definition) is 1. The van der Waals surface area contributed by atoms with Gasteiger partial charge in [-0.2, -0.15) is 0 Å². The van der Waals surface area contributed by atoms with Crippen molar-refractivity contribution in [3.05, 3.63) is 40.7 Å². The maximum Gasteiger partial charge on any atom is 0.156 e. The van der Waals surface area contributed by atoms with Gasteiger partial charge in [0.15, 0.2) is 5.78 Å². The average molecular weight is 290 g/mol. The summed E-state index contributed by atoms with van der Waals surface area (Å²) < 4.78 is 4.93. The quantitative estimate of drug-likeness (QED) is 0.849. The second kappa shape index (κ2) is 7.28. The highest BCUT2D eigenvalue weighted by Gasteiger charge is 2.15. The van der Waals surface area contributed by atoms with Gasteiger partial charge in [0, 0.05) is 24.7 Å². The summed E-state index contributed by atoms with van der Waals surface area (Å²) in [4.78, 5) is 16.4. The molecule has 1 unspecified atom stereocenters. The molecule has 0 aliphatic heterocycles. The molecule has 0 amide bonds. The molecule has 5 heteroatoms. The van der Waals surface area contributed by atoms with Crippen LogP contribution in [0.25, 0.3) is 11.3 Å². The number of carbonyl (C=O) groups excluding carboxylic acids is 1. The third-order valence-corrected chi connectivity index (χ3v) is 3.84. The van der Waals surface area contributed by atoms with Crippen molar-refractivity contribution in [2.24, 2.45) is 5.73 Å². The van der Waals surface area contributed by atoms with Crippen LogP contribution in [0.5, 0.6) is 0 Å². The molecule has 2 N–H and O–H groups in total. The summed E-state index contributed by atoms with van der Waals surface area (Å²) >= 11 is 1.50. The molecule has 0 fully saturated rings. The van der Waals surface area contributed by atoms with Crippen molar-refractivity contribution in [1.29, 1.82) is 0 Å². The van der Waals surface area contributed by atoms with Crippen LogP contribution in [0.3, 0.4) is 0 Å². The lowest BCUT2D eigenvalue weighted by Crippen LogP contribution is -2.32. The Kier molecular flexibility index (Phi) is 5.40. The largest absolute Gasteiger partial charge is 0.385 e. The predicted molar refractivity (Wildman–Crippen MR) is 80.7 cm³/mol. The molecule has 1 atom stereocenters. The fraction of sp³-hybridized carbons (Fsp3) is 0.333. The third-order valence-electron chi connectivity index (χ3n) is 2.99. The maximum absolute atomic E-state index is 12.0. The van der Waals surface area contributed by atoms with Crippen molar-refractivity contribution in [2.45, 2.75) is 18.9 Å². The van der Waals surface area contributed by atoms with Gasteiger partial charge in [0.1, 0.15) is 5.01 Å². The molecule has 106 valence electrons. The Hall–Kier alpha value is -1.56. The lowest BCUT2D eigenvalue weighted by molar-refractivity contribution is -0.120. The van der Waals surface area contributed by atoms with Gasteiger partial charge < -0.3 is 10.5 Å². The number of methoxy groups -OCH3 is 1. The molecule has 2 aromatic rings. The molecule has 0 spiro atoms. The summed E-state index contributed by atoms with van der Waals surface area (Å²) in [5, 5.41) is 2.78. The van der Waals surface area contributed by atoms with Crippen LogP contribution in [0.4, 0.5) is 0 Å². The van der Waals surface area contributed by atoms with E-state index in [1.807, 2.05) is 35.7 Å². The zero-order chi connectivity index (χ0) is 14.4. The zero-order valence-electron chi connectivity index (χ0n) is 11.4. The van der Waals surface area contributed by atoms with Gasteiger partial charge in [-0.1, -0.05) is 30.3 Å². The molecule has 1 heterocycles. The number of rotatable bonds is 7. The summed E-state index contributed by atoms with van der Waals surface area (Å²) in [5.41, 5.74) is 7.78. The molecular formula is C15H18N2O2S. The first-order chi connectivity index (χ1) is 9.70. The Morgan fingerprint density at radius 3 is 2.85 bits per heavy atom. The van der Waals surface area contributed by atoms with E-state index in [4.69, 9.17) is 10.5 Å². The molecule has 0 saturated heterocycles. The number of carbonyl (C=O) groups is 1. The Morgan fingerprint density at radius 2 is 2.15 bits per heavy atom. The van der Waals surface area contributed by atoms with Crippen molar-refractivity contribution < 1.29 is 9.53 Å². The minimum absolute atomic E-state index is 0.0102. The van der Waals surface area contributed by atoms with Crippen molar-refractivity contribution in [3.8, 4) is 11.3 Å². The molecule has 2 rings (SSSR count). The maximum atomic E-state index is 12.0. The minimum Gasteiger partial charge on any atom is -0.385 e. The van der Waals surface area contributed by atoms with E-state index < -0.39 is 6.04 Å². The van der Waals surface area contributed by atoms with Gasteiger partial charge in [-0.25, -0.2) is 4.98 Å². The average Bonchev–Trinajstić information content (AvgIpc) is 2.94. The predicted octanol–water partition coefficient (Wildman–Crippen LogP) is 2.29. The van der Waals surface area contributed by atoms with Crippen LogP contribution in [0.15, 0.2) is 35.7 Å². The van der Waals surface area contributed by atoms with Crippen LogP contribution in [0.2, 0.25) is 0 Å². The topological polar surface area (TPSA) is 65.2 Å². The van der Waals surface area contributed by atoms with Gasteiger partial charge in [-0.05, 0) is 6.42 Å².